The van der Waals surface area contributed by atoms with Gasteiger partial charge in [0.15, 0.2) is 0 Å². The molecule has 0 saturated carbocycles. The van der Waals surface area contributed by atoms with E-state index in [9.17, 15) is 0 Å². The van der Waals surface area contributed by atoms with Crippen molar-refractivity contribution >= 4 is 0 Å². The van der Waals surface area contributed by atoms with Crippen LogP contribution in [-0.2, 0) is 4.74 Å². The Morgan fingerprint density at radius 3 is 2.62 bits per heavy atom. The summed E-state index contributed by atoms with van der Waals surface area (Å²) in [6.45, 7) is 0.259. The van der Waals surface area contributed by atoms with Crippen LogP contribution in [0.1, 0.15) is 11.7 Å². The highest BCUT2D eigenvalue weighted by atomic mass is 16.5. The van der Waals surface area contributed by atoms with E-state index in [2.05, 4.69) is 5.92 Å². The highest BCUT2D eigenvalue weighted by Gasteiger charge is 2.06. The molecule has 1 aromatic rings. The highest BCUT2D eigenvalue weighted by molar-refractivity contribution is 5.23. The van der Waals surface area contributed by atoms with Crippen molar-refractivity contribution in [3.63, 3.8) is 0 Å². The third kappa shape index (κ3) is 2.90. The van der Waals surface area contributed by atoms with Gasteiger partial charge in [0.05, 0.1) is 13.2 Å². The van der Waals surface area contributed by atoms with E-state index in [0.717, 1.165) is 5.56 Å². The zero-order valence-corrected chi connectivity index (χ0v) is 7.31. The van der Waals surface area contributed by atoms with E-state index in [0.29, 0.717) is 0 Å². The molecule has 13 heavy (non-hydrogen) atoms. The van der Waals surface area contributed by atoms with E-state index >= 15 is 0 Å². The van der Waals surface area contributed by atoms with Crippen LogP contribution in [0.4, 0.5) is 0 Å². The van der Waals surface area contributed by atoms with Crippen molar-refractivity contribution in [1.82, 2.24) is 0 Å². The number of hydrogen-bond acceptors (Lipinski definition) is 2. The molecule has 1 rings (SSSR count). The molecule has 0 aromatic heterocycles. The van der Waals surface area contributed by atoms with Crippen molar-refractivity contribution in [3.05, 3.63) is 35.9 Å². The van der Waals surface area contributed by atoms with Crippen molar-refractivity contribution < 1.29 is 9.84 Å². The molecule has 0 fully saturated rings. The lowest BCUT2D eigenvalue weighted by molar-refractivity contribution is 0.0593. The number of benzene rings is 1. The summed E-state index contributed by atoms with van der Waals surface area (Å²) in [6, 6.07) is 9.54. The maximum atomic E-state index is 8.56. The van der Waals surface area contributed by atoms with Gasteiger partial charge in [-0.15, -0.1) is 6.42 Å². The van der Waals surface area contributed by atoms with Crippen molar-refractivity contribution in [2.45, 2.75) is 6.10 Å². The molecule has 1 atom stereocenters. The molecule has 1 N–H and O–H groups in total. The number of hydrogen-bond donors (Lipinski definition) is 1. The maximum Gasteiger partial charge on any atom is 0.143 e. The van der Waals surface area contributed by atoms with Gasteiger partial charge in [0.25, 0.3) is 0 Å². The molecular formula is C11H12O2. The molecule has 0 unspecified atom stereocenters. The predicted octanol–water partition coefficient (Wildman–Crippen LogP) is 1.37. The third-order valence-electron chi connectivity index (χ3n) is 1.63. The number of terminal acetylenes is 1. The summed E-state index contributed by atoms with van der Waals surface area (Å²) in [5.74, 6) is 2.52. The van der Waals surface area contributed by atoms with Gasteiger partial charge in [0, 0.05) is 0 Å². The van der Waals surface area contributed by atoms with E-state index in [1.54, 1.807) is 0 Å². The van der Waals surface area contributed by atoms with Crippen molar-refractivity contribution in [3.8, 4) is 12.3 Å². The molecule has 0 bridgehead atoms. The lowest BCUT2D eigenvalue weighted by Crippen LogP contribution is -2.05. The fourth-order valence-corrected chi connectivity index (χ4v) is 1.04. The second-order valence-corrected chi connectivity index (χ2v) is 2.55. The van der Waals surface area contributed by atoms with Crippen molar-refractivity contribution in [2.75, 3.05) is 13.2 Å². The maximum absolute atomic E-state index is 8.56. The van der Waals surface area contributed by atoms with Gasteiger partial charge in [0.1, 0.15) is 6.10 Å². The average molecular weight is 176 g/mol. The Bertz CT molecular complexity index is 274. The van der Waals surface area contributed by atoms with Gasteiger partial charge in [-0.05, 0) is 5.56 Å². The second-order valence-electron chi connectivity index (χ2n) is 2.55. The van der Waals surface area contributed by atoms with E-state index in [-0.39, 0.29) is 19.3 Å². The number of aliphatic hydroxyl groups is 1. The molecule has 0 saturated heterocycles. The molecule has 0 radical (unpaired) electrons. The normalized spacial score (nSPS) is 12.0. The molecule has 0 aliphatic carbocycles. The summed E-state index contributed by atoms with van der Waals surface area (Å²) in [4.78, 5) is 0. The first-order chi connectivity index (χ1) is 6.38. The largest absolute Gasteiger partial charge is 0.394 e. The lowest BCUT2D eigenvalue weighted by Gasteiger charge is -2.10. The van der Waals surface area contributed by atoms with Crippen LogP contribution in [0.25, 0.3) is 0 Å². The molecule has 0 aliphatic heterocycles. The van der Waals surface area contributed by atoms with Crippen LogP contribution in [-0.4, -0.2) is 18.3 Å². The number of rotatable bonds is 4. The fraction of sp³-hybridized carbons (Fsp3) is 0.273. The minimum atomic E-state index is -0.353. The molecule has 1 aromatic carbocycles. The van der Waals surface area contributed by atoms with Crippen LogP contribution in [0.2, 0.25) is 0 Å². The molecule has 2 heteroatoms. The van der Waals surface area contributed by atoms with E-state index in [4.69, 9.17) is 16.3 Å². The summed E-state index contributed by atoms with van der Waals surface area (Å²) in [7, 11) is 0. The monoisotopic (exact) mass is 176 g/mol. The number of ether oxygens (including phenoxy) is 1. The van der Waals surface area contributed by atoms with E-state index < -0.39 is 0 Å². The van der Waals surface area contributed by atoms with Gasteiger partial charge in [-0.3, -0.25) is 0 Å². The Labute approximate surface area is 78.2 Å². The van der Waals surface area contributed by atoms with Gasteiger partial charge >= 0.3 is 0 Å². The Morgan fingerprint density at radius 1 is 1.38 bits per heavy atom. The van der Waals surface area contributed by atoms with E-state index in [1.807, 2.05) is 30.3 Å². The Hall–Kier alpha value is -1.30. The first-order valence-electron chi connectivity index (χ1n) is 4.12. The molecule has 0 heterocycles. The average Bonchev–Trinajstić information content (AvgIpc) is 2.21. The van der Waals surface area contributed by atoms with Crippen LogP contribution in [0.3, 0.4) is 0 Å². The van der Waals surface area contributed by atoms with Gasteiger partial charge in [0.2, 0.25) is 0 Å². The Kier molecular flexibility index (Phi) is 4.04. The quantitative estimate of drug-likeness (QED) is 0.702. The Morgan fingerprint density at radius 2 is 2.08 bits per heavy atom. The highest BCUT2D eigenvalue weighted by Crippen LogP contribution is 2.15. The van der Waals surface area contributed by atoms with Crippen molar-refractivity contribution in [1.29, 1.82) is 0 Å². The molecule has 68 valence electrons. The summed E-state index contributed by atoms with van der Waals surface area (Å²) in [6.07, 6.45) is 4.94. The first-order valence-corrected chi connectivity index (χ1v) is 4.12. The zero-order chi connectivity index (χ0) is 9.52. The zero-order valence-electron chi connectivity index (χ0n) is 7.31. The molecule has 0 amide bonds. The minimum absolute atomic E-state index is 0.00892. The second kappa shape index (κ2) is 5.36. The minimum Gasteiger partial charge on any atom is -0.394 e. The van der Waals surface area contributed by atoms with Crippen LogP contribution >= 0.6 is 0 Å². The SMILES string of the molecule is C#C[C@@H](OCCO)c1ccccc1. The van der Waals surface area contributed by atoms with Crippen molar-refractivity contribution in [2.24, 2.45) is 0 Å². The summed E-state index contributed by atoms with van der Waals surface area (Å²) < 4.78 is 5.24. The van der Waals surface area contributed by atoms with Gasteiger partial charge < -0.3 is 9.84 Å². The van der Waals surface area contributed by atoms with Crippen LogP contribution in [0.15, 0.2) is 30.3 Å². The molecule has 2 nitrogen and oxygen atoms in total. The van der Waals surface area contributed by atoms with Crippen LogP contribution in [0.5, 0.6) is 0 Å². The van der Waals surface area contributed by atoms with Crippen LogP contribution < -0.4 is 0 Å². The van der Waals surface area contributed by atoms with Gasteiger partial charge in [-0.25, -0.2) is 0 Å². The van der Waals surface area contributed by atoms with Gasteiger partial charge in [-0.2, -0.15) is 0 Å². The summed E-state index contributed by atoms with van der Waals surface area (Å²) >= 11 is 0. The lowest BCUT2D eigenvalue weighted by atomic mass is 10.1. The first kappa shape index (κ1) is 9.79. The number of aliphatic hydroxyl groups excluding tert-OH is 1. The summed E-state index contributed by atoms with van der Waals surface area (Å²) in [5, 5.41) is 8.56. The molecule has 0 spiro atoms. The third-order valence-corrected chi connectivity index (χ3v) is 1.63. The van der Waals surface area contributed by atoms with E-state index in [1.165, 1.54) is 0 Å². The Balaban J connectivity index is 2.63. The summed E-state index contributed by atoms with van der Waals surface area (Å²) in [5.41, 5.74) is 0.943. The van der Waals surface area contributed by atoms with Gasteiger partial charge in [-0.1, -0.05) is 36.3 Å². The smallest absolute Gasteiger partial charge is 0.143 e. The molecular weight excluding hydrogens is 164 g/mol. The van der Waals surface area contributed by atoms with Crippen LogP contribution in [0, 0.1) is 12.3 Å². The topological polar surface area (TPSA) is 29.5 Å². The standard InChI is InChI=1S/C11H12O2/c1-2-11(13-9-8-12)10-6-4-3-5-7-10/h1,3-7,11-12H,8-9H2/t11-/m1/s1. The predicted molar refractivity (Wildman–Crippen MR) is 51.1 cm³/mol. The molecule has 0 aliphatic rings. The fourth-order valence-electron chi connectivity index (χ4n) is 1.04.